The Bertz CT molecular complexity index is 1510. The number of phosphoric acid groups is 2. The summed E-state index contributed by atoms with van der Waals surface area (Å²) in [6.07, 6.45) is 47.2. The van der Waals surface area contributed by atoms with Crippen LogP contribution in [0.3, 0.4) is 0 Å². The number of unbranched alkanes of at least 4 members (excludes halogenated alkanes) is 9. The summed E-state index contributed by atoms with van der Waals surface area (Å²) in [4.78, 5) is 52.7. The van der Waals surface area contributed by atoms with Crippen LogP contribution in [0, 0.1) is 0 Å². The summed E-state index contributed by atoms with van der Waals surface area (Å²) in [6.45, 7) is 1.48. The molecule has 0 aliphatic heterocycles. The molecule has 14 nitrogen and oxygen atoms in total. The van der Waals surface area contributed by atoms with Gasteiger partial charge in [0.25, 0.3) is 0 Å². The lowest BCUT2D eigenvalue weighted by atomic mass is 10.1. The molecule has 64 heavy (non-hydrogen) atoms. The number of rotatable bonds is 42. The molecule has 0 aliphatic carbocycles. The fourth-order valence-corrected chi connectivity index (χ4v) is 6.65. The molecule has 5 N–H and O–H groups in total. The van der Waals surface area contributed by atoms with E-state index in [0.717, 1.165) is 83.5 Å². The molecule has 0 aromatic carbocycles. The minimum atomic E-state index is -4.88. The number of esters is 2. The number of carbonyl (C=O) groups excluding carboxylic acids is 2. The van der Waals surface area contributed by atoms with Gasteiger partial charge in [-0.2, -0.15) is 0 Å². The van der Waals surface area contributed by atoms with Crippen molar-refractivity contribution < 1.29 is 66.7 Å². The van der Waals surface area contributed by atoms with Gasteiger partial charge in [0, 0.05) is 12.8 Å². The fraction of sp³-hybridized carbons (Fsp3) is 0.625. The fourth-order valence-electron chi connectivity index (χ4n) is 5.49. The number of hydrogen-bond donors (Lipinski definition) is 5. The monoisotopic (exact) mass is 943 g/mol. The first-order valence-electron chi connectivity index (χ1n) is 23.0. The van der Waals surface area contributed by atoms with Crippen LogP contribution in [0.25, 0.3) is 0 Å². The van der Waals surface area contributed by atoms with Gasteiger partial charge in [-0.3, -0.25) is 23.2 Å². The number of aliphatic hydroxyl groups is 2. The maximum atomic E-state index is 12.7. The van der Waals surface area contributed by atoms with Crippen molar-refractivity contribution in [3.05, 3.63) is 97.2 Å². The molecule has 1 unspecified atom stereocenters. The predicted molar refractivity (Wildman–Crippen MR) is 254 cm³/mol. The number of allylic oxidation sites excluding steroid dienone is 15. The summed E-state index contributed by atoms with van der Waals surface area (Å²) < 4.78 is 47.7. The van der Waals surface area contributed by atoms with E-state index in [-0.39, 0.29) is 12.8 Å². The summed E-state index contributed by atoms with van der Waals surface area (Å²) in [6, 6.07) is 0. The third-order valence-corrected chi connectivity index (χ3v) is 10.5. The van der Waals surface area contributed by atoms with Crippen molar-refractivity contribution in [2.24, 2.45) is 0 Å². The van der Waals surface area contributed by atoms with Crippen molar-refractivity contribution in [2.75, 3.05) is 26.4 Å². The largest absolute Gasteiger partial charge is 0.472 e. The average Bonchev–Trinajstić information content (AvgIpc) is 3.25. The van der Waals surface area contributed by atoms with Crippen LogP contribution in [0.15, 0.2) is 97.2 Å². The first-order valence-corrected chi connectivity index (χ1v) is 26.1. The molecule has 0 aliphatic rings. The van der Waals surface area contributed by atoms with Crippen molar-refractivity contribution in [2.45, 2.75) is 167 Å². The molecular formula is C48H80O14P2. The highest BCUT2D eigenvalue weighted by molar-refractivity contribution is 7.47. The van der Waals surface area contributed by atoms with Crippen LogP contribution < -0.4 is 0 Å². The van der Waals surface area contributed by atoms with Crippen LogP contribution >= 0.6 is 15.6 Å². The molecule has 0 amide bonds. The van der Waals surface area contributed by atoms with Crippen LogP contribution in [-0.4, -0.2) is 81.6 Å². The Hall–Kier alpha value is -3.00. The van der Waals surface area contributed by atoms with Crippen LogP contribution in [0.1, 0.15) is 149 Å². The zero-order valence-corrected chi connectivity index (χ0v) is 40.2. The van der Waals surface area contributed by atoms with Gasteiger partial charge in [-0.15, -0.1) is 0 Å². The lowest BCUT2D eigenvalue weighted by Gasteiger charge is -2.20. The number of hydrogen-bond acceptors (Lipinski definition) is 11. The highest BCUT2D eigenvalue weighted by Crippen LogP contribution is 2.43. The van der Waals surface area contributed by atoms with E-state index in [0.29, 0.717) is 19.3 Å². The van der Waals surface area contributed by atoms with Gasteiger partial charge in [0.05, 0.1) is 25.9 Å². The zero-order valence-electron chi connectivity index (χ0n) is 38.5. The van der Waals surface area contributed by atoms with Gasteiger partial charge in [0.1, 0.15) is 12.7 Å². The Morgan fingerprint density at radius 1 is 0.516 bits per heavy atom. The van der Waals surface area contributed by atoms with E-state index in [1.165, 1.54) is 19.3 Å². The molecule has 0 heterocycles. The number of phosphoric ester groups is 2. The molecule has 0 bridgehead atoms. The molecule has 4 atom stereocenters. The van der Waals surface area contributed by atoms with E-state index >= 15 is 0 Å². The summed E-state index contributed by atoms with van der Waals surface area (Å²) >= 11 is 0. The van der Waals surface area contributed by atoms with E-state index in [9.17, 15) is 33.8 Å². The molecular weight excluding hydrogens is 862 g/mol. The van der Waals surface area contributed by atoms with Gasteiger partial charge in [-0.1, -0.05) is 150 Å². The Balaban J connectivity index is 4.70. The van der Waals surface area contributed by atoms with E-state index in [1.807, 2.05) is 42.5 Å². The van der Waals surface area contributed by atoms with Crippen LogP contribution in [0.5, 0.6) is 0 Å². The SMILES string of the molecule is CCCCC/C=C\C/C=C\C/C=C\C/C=C\CCCCCC(=O)O[C@H](COC(=O)CCC/C=C\C/C=C\C/C=C\C=C\[C@H](O)CCCCC)COP(=O)(O)OC[C@@H](O)COP(=O)(O)O. The van der Waals surface area contributed by atoms with Gasteiger partial charge in [0.15, 0.2) is 6.10 Å². The maximum absolute atomic E-state index is 12.7. The van der Waals surface area contributed by atoms with Crippen molar-refractivity contribution in [3.63, 3.8) is 0 Å². The predicted octanol–water partition coefficient (Wildman–Crippen LogP) is 11.1. The second kappa shape index (κ2) is 42.6. The first-order chi connectivity index (χ1) is 30.8. The normalized spacial score (nSPS) is 15.3. The molecule has 0 rings (SSSR count). The van der Waals surface area contributed by atoms with E-state index in [1.54, 1.807) is 6.08 Å². The Morgan fingerprint density at radius 3 is 1.58 bits per heavy atom. The van der Waals surface area contributed by atoms with Crippen molar-refractivity contribution in [1.29, 1.82) is 0 Å². The standard InChI is InChI=1S/C48H80O14P2/c1-3-5-7-8-9-10-11-12-13-14-15-16-17-18-21-25-28-31-35-39-48(52)62-46(43-61-64(56,57)60-41-45(50)40-59-63(53,54)55)42-58-47(51)38-34-30-27-24-22-19-20-23-26-29-33-37-44(49)36-32-6-4-2/h9-10,12-13,15-16,18-21,24,26-27,29,33,37,44-46,49-50H,3-8,11,14,17,22-23,25,28,30-32,34-36,38-43H2,1-2H3,(H,56,57)(H2,53,54,55)/b10-9-,13-12-,16-15-,20-19-,21-18-,27-24-,29-26-,37-33+/t44-,45+,46-/m1/s1. The number of carbonyl (C=O) groups is 2. The second-order valence-corrected chi connectivity index (χ2v) is 17.9. The van der Waals surface area contributed by atoms with Gasteiger partial charge in [-0.25, -0.2) is 9.13 Å². The minimum absolute atomic E-state index is 0.0674. The molecule has 0 radical (unpaired) electrons. The van der Waals surface area contributed by atoms with E-state index < -0.39 is 72.3 Å². The zero-order chi connectivity index (χ0) is 47.4. The van der Waals surface area contributed by atoms with Gasteiger partial charge in [0.2, 0.25) is 0 Å². The average molecular weight is 943 g/mol. The third-order valence-electron chi connectivity index (χ3n) is 9.04. The Labute approximate surface area is 383 Å². The smallest absolute Gasteiger partial charge is 0.462 e. The molecule has 0 spiro atoms. The van der Waals surface area contributed by atoms with Crippen LogP contribution in [-0.2, 0) is 41.8 Å². The highest BCUT2D eigenvalue weighted by Gasteiger charge is 2.28. The lowest BCUT2D eigenvalue weighted by Crippen LogP contribution is -2.30. The van der Waals surface area contributed by atoms with Crippen molar-refractivity contribution in [3.8, 4) is 0 Å². The number of ether oxygens (including phenoxy) is 2. The van der Waals surface area contributed by atoms with E-state index in [2.05, 4.69) is 71.5 Å². The van der Waals surface area contributed by atoms with Crippen LogP contribution in [0.4, 0.5) is 0 Å². The second-order valence-electron chi connectivity index (χ2n) is 15.2. The first kappa shape index (κ1) is 61.0. The molecule has 0 saturated carbocycles. The highest BCUT2D eigenvalue weighted by atomic mass is 31.2. The van der Waals surface area contributed by atoms with Crippen LogP contribution in [0.2, 0.25) is 0 Å². The summed E-state index contributed by atoms with van der Waals surface area (Å²) in [5, 5.41) is 19.7. The molecule has 0 fully saturated rings. The van der Waals surface area contributed by atoms with E-state index in [4.69, 9.17) is 23.8 Å². The molecule has 0 aromatic rings. The summed E-state index contributed by atoms with van der Waals surface area (Å²) in [7, 11) is -9.73. The quantitative estimate of drug-likeness (QED) is 0.0127. The van der Waals surface area contributed by atoms with Crippen molar-refractivity contribution in [1.82, 2.24) is 0 Å². The lowest BCUT2D eigenvalue weighted by molar-refractivity contribution is -0.161. The Morgan fingerprint density at radius 2 is 1.00 bits per heavy atom. The van der Waals surface area contributed by atoms with Crippen molar-refractivity contribution >= 4 is 27.6 Å². The number of aliphatic hydroxyl groups excluding tert-OH is 2. The minimum Gasteiger partial charge on any atom is -0.462 e. The molecule has 16 heteroatoms. The van der Waals surface area contributed by atoms with Gasteiger partial charge in [-0.05, 0) is 83.5 Å². The Kier molecular flexibility index (Phi) is 40.6. The molecule has 366 valence electrons. The molecule has 0 aromatic heterocycles. The topological polar surface area (TPSA) is 216 Å². The summed E-state index contributed by atoms with van der Waals surface area (Å²) in [5.74, 6) is -1.17. The third kappa shape index (κ3) is 45.6. The van der Waals surface area contributed by atoms with Gasteiger partial charge >= 0.3 is 27.6 Å². The molecule has 0 saturated heterocycles. The maximum Gasteiger partial charge on any atom is 0.472 e. The van der Waals surface area contributed by atoms with Gasteiger partial charge < -0.3 is 34.4 Å². The summed E-state index contributed by atoms with van der Waals surface area (Å²) in [5.41, 5.74) is 0.